The van der Waals surface area contributed by atoms with Crippen molar-refractivity contribution in [2.24, 2.45) is 11.7 Å². The van der Waals surface area contributed by atoms with Gasteiger partial charge in [0, 0.05) is 37.3 Å². The second-order valence-corrected chi connectivity index (χ2v) is 4.94. The summed E-state index contributed by atoms with van der Waals surface area (Å²) in [4.78, 5) is 24.7. The molecule has 0 saturated carbocycles. The smallest absolute Gasteiger partial charge is 0.314 e. The number of hydrogen-bond acceptors (Lipinski definition) is 2. The standard InChI is InChI=1S/C12H15N3O2/c13-12(17)14-5-8-4-9(7-14)10-2-1-3-11(16)15(10)6-8/h1-3,8-9H,4-7H2,(H2,13,17). The van der Waals surface area contributed by atoms with Gasteiger partial charge in [0.05, 0.1) is 0 Å². The SMILES string of the molecule is NC(=O)N1CC2CC(C1)c1cccc(=O)n1C2. The molecular weight excluding hydrogens is 218 g/mol. The van der Waals surface area contributed by atoms with Gasteiger partial charge in [0.25, 0.3) is 5.56 Å². The number of rotatable bonds is 0. The lowest BCUT2D eigenvalue weighted by molar-refractivity contribution is 0.137. The largest absolute Gasteiger partial charge is 0.351 e. The van der Waals surface area contributed by atoms with Crippen molar-refractivity contribution in [1.82, 2.24) is 9.47 Å². The van der Waals surface area contributed by atoms with Crippen molar-refractivity contribution in [2.45, 2.75) is 18.9 Å². The Morgan fingerprint density at radius 2 is 2.12 bits per heavy atom. The van der Waals surface area contributed by atoms with Gasteiger partial charge in [0.15, 0.2) is 0 Å². The first-order valence-corrected chi connectivity index (χ1v) is 5.89. The summed E-state index contributed by atoms with van der Waals surface area (Å²) >= 11 is 0. The summed E-state index contributed by atoms with van der Waals surface area (Å²) in [5.41, 5.74) is 6.44. The Balaban J connectivity index is 2.01. The van der Waals surface area contributed by atoms with Crippen molar-refractivity contribution in [2.75, 3.05) is 13.1 Å². The fraction of sp³-hybridized carbons (Fsp3) is 0.500. The first-order valence-electron chi connectivity index (χ1n) is 5.89. The summed E-state index contributed by atoms with van der Waals surface area (Å²) in [7, 11) is 0. The summed E-state index contributed by atoms with van der Waals surface area (Å²) in [6.07, 6.45) is 1.05. The van der Waals surface area contributed by atoms with Crippen molar-refractivity contribution in [3.05, 3.63) is 34.2 Å². The van der Waals surface area contributed by atoms with Crippen LogP contribution in [-0.4, -0.2) is 28.6 Å². The lowest BCUT2D eigenvalue weighted by Crippen LogP contribution is -2.50. The van der Waals surface area contributed by atoms with E-state index < -0.39 is 0 Å². The Morgan fingerprint density at radius 1 is 1.29 bits per heavy atom. The number of carbonyl (C=O) groups excluding carboxylic acids is 1. The van der Waals surface area contributed by atoms with E-state index in [1.54, 1.807) is 17.0 Å². The number of carbonyl (C=O) groups is 1. The molecule has 2 bridgehead atoms. The molecule has 1 aromatic rings. The first-order chi connectivity index (χ1) is 8.15. The maximum absolute atomic E-state index is 11.8. The highest BCUT2D eigenvalue weighted by molar-refractivity contribution is 5.72. The van der Waals surface area contributed by atoms with Crippen LogP contribution in [0.5, 0.6) is 0 Å². The van der Waals surface area contributed by atoms with E-state index in [0.717, 1.165) is 12.1 Å². The summed E-state index contributed by atoms with van der Waals surface area (Å²) in [5.74, 6) is 0.609. The monoisotopic (exact) mass is 233 g/mol. The summed E-state index contributed by atoms with van der Waals surface area (Å²) in [5, 5.41) is 0. The van der Waals surface area contributed by atoms with Crippen LogP contribution in [0, 0.1) is 5.92 Å². The van der Waals surface area contributed by atoms with Gasteiger partial charge in [0.1, 0.15) is 0 Å². The minimum absolute atomic E-state index is 0.0599. The summed E-state index contributed by atoms with van der Waals surface area (Å²) < 4.78 is 1.84. The van der Waals surface area contributed by atoms with E-state index in [0.29, 0.717) is 25.6 Å². The minimum atomic E-state index is -0.355. The minimum Gasteiger partial charge on any atom is -0.351 e. The van der Waals surface area contributed by atoms with E-state index in [9.17, 15) is 9.59 Å². The predicted molar refractivity (Wildman–Crippen MR) is 62.7 cm³/mol. The number of aromatic nitrogens is 1. The number of likely N-dealkylation sites (tertiary alicyclic amines) is 1. The average Bonchev–Trinajstić information content (AvgIpc) is 2.30. The molecule has 0 aromatic carbocycles. The number of hydrogen-bond donors (Lipinski definition) is 1. The molecule has 2 aliphatic heterocycles. The molecule has 2 N–H and O–H groups in total. The van der Waals surface area contributed by atoms with Crippen LogP contribution in [0.3, 0.4) is 0 Å². The quantitative estimate of drug-likeness (QED) is 0.702. The van der Waals surface area contributed by atoms with Gasteiger partial charge in [-0.25, -0.2) is 4.79 Å². The topological polar surface area (TPSA) is 68.3 Å². The Bertz CT molecular complexity index is 523. The van der Waals surface area contributed by atoms with Crippen LogP contribution in [-0.2, 0) is 6.54 Å². The fourth-order valence-corrected chi connectivity index (χ4v) is 3.08. The number of piperidine rings is 1. The van der Waals surface area contributed by atoms with Gasteiger partial charge in [-0.05, 0) is 18.4 Å². The van der Waals surface area contributed by atoms with Crippen LogP contribution in [0.1, 0.15) is 18.0 Å². The lowest BCUT2D eigenvalue weighted by Gasteiger charge is -2.42. The molecule has 5 nitrogen and oxygen atoms in total. The highest BCUT2D eigenvalue weighted by atomic mass is 16.2. The lowest BCUT2D eigenvalue weighted by atomic mass is 9.83. The molecule has 3 rings (SSSR count). The molecule has 2 aliphatic rings. The third kappa shape index (κ3) is 1.62. The second kappa shape index (κ2) is 3.61. The van der Waals surface area contributed by atoms with Crippen molar-refractivity contribution < 1.29 is 4.79 Å². The highest BCUT2D eigenvalue weighted by Crippen LogP contribution is 2.34. The second-order valence-electron chi connectivity index (χ2n) is 4.94. The maximum atomic E-state index is 11.8. The van der Waals surface area contributed by atoms with E-state index in [1.165, 1.54) is 0 Å². The van der Waals surface area contributed by atoms with Crippen molar-refractivity contribution in [1.29, 1.82) is 0 Å². The third-order valence-corrected chi connectivity index (χ3v) is 3.79. The third-order valence-electron chi connectivity index (χ3n) is 3.79. The first kappa shape index (κ1) is 10.4. The van der Waals surface area contributed by atoms with E-state index in [4.69, 9.17) is 5.73 Å². The van der Waals surface area contributed by atoms with Gasteiger partial charge < -0.3 is 15.2 Å². The molecule has 2 unspecified atom stereocenters. The van der Waals surface area contributed by atoms with Crippen molar-refractivity contribution >= 4 is 6.03 Å². The van der Waals surface area contributed by atoms with Gasteiger partial charge in [-0.3, -0.25) is 4.79 Å². The van der Waals surface area contributed by atoms with Gasteiger partial charge in [-0.2, -0.15) is 0 Å². The highest BCUT2D eigenvalue weighted by Gasteiger charge is 2.35. The maximum Gasteiger partial charge on any atom is 0.314 e. The Kier molecular flexibility index (Phi) is 2.21. The molecule has 1 saturated heterocycles. The molecule has 2 amide bonds. The fourth-order valence-electron chi connectivity index (χ4n) is 3.08. The Hall–Kier alpha value is -1.78. The average molecular weight is 233 g/mol. The molecule has 5 heteroatoms. The van der Waals surface area contributed by atoms with Crippen LogP contribution in [0.2, 0.25) is 0 Å². The molecule has 0 spiro atoms. The predicted octanol–water partition coefficient (Wildman–Crippen LogP) is 0.346. The number of nitrogens with zero attached hydrogens (tertiary/aromatic N) is 2. The molecule has 1 aromatic heterocycles. The van der Waals surface area contributed by atoms with E-state index in [2.05, 4.69) is 0 Å². The van der Waals surface area contributed by atoms with Crippen LogP contribution in [0.15, 0.2) is 23.0 Å². The van der Waals surface area contributed by atoms with E-state index in [-0.39, 0.29) is 17.5 Å². The molecule has 17 heavy (non-hydrogen) atoms. The zero-order valence-corrected chi connectivity index (χ0v) is 9.50. The molecule has 2 atom stereocenters. The molecule has 3 heterocycles. The van der Waals surface area contributed by atoms with Crippen LogP contribution in [0.4, 0.5) is 4.79 Å². The molecule has 1 fully saturated rings. The number of fused-ring (bicyclic) bond motifs is 4. The van der Waals surface area contributed by atoms with Crippen molar-refractivity contribution in [3.8, 4) is 0 Å². The molecule has 0 aliphatic carbocycles. The number of urea groups is 1. The number of pyridine rings is 1. The van der Waals surface area contributed by atoms with E-state index in [1.807, 2.05) is 10.6 Å². The zero-order chi connectivity index (χ0) is 12.0. The summed E-state index contributed by atoms with van der Waals surface area (Å²) in [6.45, 7) is 2.01. The molecule has 0 radical (unpaired) electrons. The normalized spacial score (nSPS) is 26.5. The van der Waals surface area contributed by atoms with Gasteiger partial charge in [-0.15, -0.1) is 0 Å². The Morgan fingerprint density at radius 3 is 2.88 bits per heavy atom. The van der Waals surface area contributed by atoms with Gasteiger partial charge in [-0.1, -0.05) is 6.07 Å². The van der Waals surface area contributed by atoms with Gasteiger partial charge >= 0.3 is 6.03 Å². The number of amides is 2. The number of primary amides is 1. The Labute approximate surface area is 98.8 Å². The van der Waals surface area contributed by atoms with Crippen LogP contribution in [0.25, 0.3) is 0 Å². The van der Waals surface area contributed by atoms with Gasteiger partial charge in [0.2, 0.25) is 0 Å². The number of nitrogens with two attached hydrogens (primary N) is 1. The van der Waals surface area contributed by atoms with Crippen LogP contribution >= 0.6 is 0 Å². The zero-order valence-electron chi connectivity index (χ0n) is 9.50. The molecular formula is C12H15N3O2. The molecule has 90 valence electrons. The summed E-state index contributed by atoms with van der Waals surface area (Å²) in [6, 6.07) is 5.01. The van der Waals surface area contributed by atoms with Crippen molar-refractivity contribution in [3.63, 3.8) is 0 Å². The van der Waals surface area contributed by atoms with Crippen LogP contribution < -0.4 is 11.3 Å². The van der Waals surface area contributed by atoms with E-state index >= 15 is 0 Å².